The summed E-state index contributed by atoms with van der Waals surface area (Å²) in [5.41, 5.74) is 4.07. The normalized spacial score (nSPS) is 10.8. The zero-order valence-corrected chi connectivity index (χ0v) is 16.6. The van der Waals surface area contributed by atoms with Gasteiger partial charge >= 0.3 is 0 Å². The van der Waals surface area contributed by atoms with Crippen LogP contribution in [0.25, 0.3) is 10.8 Å². The van der Waals surface area contributed by atoms with Crippen molar-refractivity contribution in [2.24, 2.45) is 0 Å². The number of benzene rings is 3. The maximum absolute atomic E-state index is 13.4. The molecule has 0 saturated heterocycles. The van der Waals surface area contributed by atoms with E-state index in [4.69, 9.17) is 23.8 Å². The van der Waals surface area contributed by atoms with Gasteiger partial charge in [0.15, 0.2) is 0 Å². The summed E-state index contributed by atoms with van der Waals surface area (Å²) < 4.78 is 13.4. The van der Waals surface area contributed by atoms with Crippen molar-refractivity contribution in [2.45, 2.75) is 6.92 Å². The molecule has 0 saturated carbocycles. The molecule has 28 heavy (non-hydrogen) atoms. The molecule has 0 aliphatic rings. The Morgan fingerprint density at radius 1 is 1.00 bits per heavy atom. The number of halogens is 2. The van der Waals surface area contributed by atoms with Gasteiger partial charge in [-0.2, -0.15) is 0 Å². The second-order valence-electron chi connectivity index (χ2n) is 6.52. The van der Waals surface area contributed by atoms with Crippen LogP contribution in [0.1, 0.15) is 16.7 Å². The second-order valence-corrected chi connectivity index (χ2v) is 7.33. The first-order valence-corrected chi connectivity index (χ1v) is 9.52. The summed E-state index contributed by atoms with van der Waals surface area (Å²) in [5.74, 6) is -0.279. The fourth-order valence-electron chi connectivity index (χ4n) is 3.18. The van der Waals surface area contributed by atoms with Crippen LogP contribution in [0.4, 0.5) is 15.8 Å². The highest BCUT2D eigenvalue weighted by molar-refractivity contribution is 7.81. The number of hydrogen-bond donors (Lipinski definition) is 1. The quantitative estimate of drug-likeness (QED) is 0.296. The lowest BCUT2D eigenvalue weighted by molar-refractivity contribution is 0.626. The van der Waals surface area contributed by atoms with Gasteiger partial charge in [0.1, 0.15) is 5.82 Å². The zero-order chi connectivity index (χ0) is 19.7. The molecule has 0 unspecified atom stereocenters. The highest BCUT2D eigenvalue weighted by Crippen LogP contribution is 2.29. The Hall–Kier alpha value is -2.82. The van der Waals surface area contributed by atoms with Gasteiger partial charge in [0.2, 0.25) is 0 Å². The number of aromatic nitrogens is 1. The number of nitrogens with zero attached hydrogens (tertiary/aromatic N) is 1. The van der Waals surface area contributed by atoms with E-state index in [1.807, 2.05) is 55.6 Å². The third-order valence-electron chi connectivity index (χ3n) is 4.59. The van der Waals surface area contributed by atoms with Crippen molar-refractivity contribution in [1.82, 2.24) is 4.98 Å². The van der Waals surface area contributed by atoms with Crippen molar-refractivity contribution in [2.75, 3.05) is 5.32 Å². The van der Waals surface area contributed by atoms with Crippen molar-refractivity contribution in [1.29, 1.82) is 0 Å². The van der Waals surface area contributed by atoms with E-state index in [0.717, 1.165) is 38.8 Å². The smallest absolute Gasteiger partial charge is 0.123 e. The summed E-state index contributed by atoms with van der Waals surface area (Å²) in [6, 6.07) is 18.3. The zero-order valence-electron chi connectivity index (χ0n) is 15.0. The molecule has 138 valence electrons. The highest BCUT2D eigenvalue weighted by Gasteiger charge is 2.13. The topological polar surface area (TPSA) is 24.9 Å². The predicted octanol–water partition coefficient (Wildman–Crippen LogP) is 6.85. The molecule has 1 N–H and O–H groups in total. The van der Waals surface area contributed by atoms with Gasteiger partial charge in [0.05, 0.1) is 21.8 Å². The molecule has 2 nitrogen and oxygen atoms in total. The first kappa shape index (κ1) is 18.5. The first-order valence-electron chi connectivity index (χ1n) is 8.73. The van der Waals surface area contributed by atoms with E-state index in [2.05, 4.69) is 10.3 Å². The van der Waals surface area contributed by atoms with Crippen molar-refractivity contribution in [3.63, 3.8) is 0 Å². The second kappa shape index (κ2) is 7.66. The van der Waals surface area contributed by atoms with Gasteiger partial charge in [0.25, 0.3) is 0 Å². The molecule has 5 heteroatoms. The van der Waals surface area contributed by atoms with Crippen LogP contribution in [0.2, 0.25) is 5.02 Å². The van der Waals surface area contributed by atoms with Crippen LogP contribution >= 0.6 is 23.8 Å². The van der Waals surface area contributed by atoms with Crippen LogP contribution in [0.3, 0.4) is 0 Å². The van der Waals surface area contributed by atoms with Gasteiger partial charge in [-0.3, -0.25) is 4.98 Å². The molecule has 0 bridgehead atoms. The Morgan fingerprint density at radius 3 is 2.57 bits per heavy atom. The Kier molecular flexibility index (Phi) is 5.07. The lowest BCUT2D eigenvalue weighted by Gasteiger charge is -2.13. The van der Waals surface area contributed by atoms with Crippen LogP contribution in [0.5, 0.6) is 0 Å². The Balaban J connectivity index is 1.65. The highest BCUT2D eigenvalue weighted by atomic mass is 35.5. The van der Waals surface area contributed by atoms with Gasteiger partial charge < -0.3 is 5.32 Å². The van der Waals surface area contributed by atoms with Crippen molar-refractivity contribution in [3.05, 3.63) is 101 Å². The van der Waals surface area contributed by atoms with Gasteiger partial charge in [0, 0.05) is 28.2 Å². The van der Waals surface area contributed by atoms with Crippen molar-refractivity contribution in [3.8, 4) is 0 Å². The van der Waals surface area contributed by atoms with Crippen LogP contribution in [0.15, 0.2) is 73.1 Å². The fraction of sp³-hybridized carbons (Fsp3) is 0.0435. The predicted molar refractivity (Wildman–Crippen MR) is 118 cm³/mol. The molecule has 0 radical (unpaired) electrons. The molecule has 1 heterocycles. The van der Waals surface area contributed by atoms with E-state index in [1.54, 1.807) is 12.3 Å². The van der Waals surface area contributed by atoms with Crippen molar-refractivity contribution < 1.29 is 4.39 Å². The summed E-state index contributed by atoms with van der Waals surface area (Å²) >= 11 is 12.1. The van der Waals surface area contributed by atoms with E-state index < -0.39 is 0 Å². The third-order valence-corrected chi connectivity index (χ3v) is 5.35. The third kappa shape index (κ3) is 3.61. The van der Waals surface area contributed by atoms with Gasteiger partial charge in [-0.05, 0) is 48.4 Å². The number of rotatable bonds is 4. The molecule has 0 amide bonds. The van der Waals surface area contributed by atoms with E-state index in [9.17, 15) is 4.39 Å². The SMILES string of the molecule is Cc1cc(F)ccc1C(=S)c1ccc(Nc2cncc3ccccc23)cc1Cl. The lowest BCUT2D eigenvalue weighted by atomic mass is 10.00. The summed E-state index contributed by atoms with van der Waals surface area (Å²) in [7, 11) is 0. The minimum absolute atomic E-state index is 0.279. The molecule has 0 aliphatic carbocycles. The van der Waals surface area contributed by atoms with E-state index in [0.29, 0.717) is 9.89 Å². The molecule has 4 rings (SSSR count). The van der Waals surface area contributed by atoms with Crippen LogP contribution in [0, 0.1) is 12.7 Å². The molecule has 0 fully saturated rings. The molecular weight excluding hydrogens is 391 g/mol. The van der Waals surface area contributed by atoms with E-state index in [1.165, 1.54) is 12.1 Å². The number of anilines is 2. The molecule has 0 aliphatic heterocycles. The fourth-order valence-corrected chi connectivity index (χ4v) is 3.91. The molecule has 0 spiro atoms. The average Bonchev–Trinajstić information content (AvgIpc) is 2.68. The van der Waals surface area contributed by atoms with E-state index >= 15 is 0 Å². The number of aryl methyl sites for hydroxylation is 1. The summed E-state index contributed by atoms with van der Waals surface area (Å²) in [6.07, 6.45) is 3.62. The number of hydrogen-bond acceptors (Lipinski definition) is 3. The first-order chi connectivity index (χ1) is 13.5. The average molecular weight is 407 g/mol. The standard InChI is InChI=1S/C23H16ClFN2S/c1-14-10-16(25)6-8-18(14)23(28)20-9-7-17(11-21(20)24)27-22-13-26-12-15-4-2-3-5-19(15)22/h2-13,27H,1H3. The van der Waals surface area contributed by atoms with Gasteiger partial charge in [-0.25, -0.2) is 4.39 Å². The minimum Gasteiger partial charge on any atom is -0.354 e. The van der Waals surface area contributed by atoms with Crippen molar-refractivity contribution >= 4 is 50.8 Å². The van der Waals surface area contributed by atoms with Gasteiger partial charge in [-0.15, -0.1) is 0 Å². The molecule has 0 atom stereocenters. The Bertz CT molecular complexity index is 1200. The lowest BCUT2D eigenvalue weighted by Crippen LogP contribution is -2.04. The molecule has 4 aromatic rings. The number of fused-ring (bicyclic) bond motifs is 1. The Morgan fingerprint density at radius 2 is 1.79 bits per heavy atom. The van der Waals surface area contributed by atoms with Crippen LogP contribution in [-0.4, -0.2) is 9.85 Å². The molecule has 1 aromatic heterocycles. The van der Waals surface area contributed by atoms with E-state index in [-0.39, 0.29) is 5.82 Å². The number of nitrogens with one attached hydrogen (secondary N) is 1. The molecular formula is C23H16ClFN2S. The Labute approximate surface area is 173 Å². The minimum atomic E-state index is -0.279. The monoisotopic (exact) mass is 406 g/mol. The van der Waals surface area contributed by atoms with Gasteiger partial charge in [-0.1, -0.05) is 54.2 Å². The van der Waals surface area contributed by atoms with Crippen LogP contribution < -0.4 is 5.32 Å². The number of pyridine rings is 1. The molecule has 3 aromatic carbocycles. The largest absolute Gasteiger partial charge is 0.354 e. The summed E-state index contributed by atoms with van der Waals surface area (Å²) in [6.45, 7) is 1.84. The van der Waals surface area contributed by atoms with Crippen LogP contribution in [-0.2, 0) is 0 Å². The summed E-state index contributed by atoms with van der Waals surface area (Å²) in [5, 5.41) is 6.04. The summed E-state index contributed by atoms with van der Waals surface area (Å²) in [4.78, 5) is 4.88. The number of thiocarbonyl (C=S) groups is 1. The maximum Gasteiger partial charge on any atom is 0.123 e. The maximum atomic E-state index is 13.4.